The van der Waals surface area contributed by atoms with Crippen LogP contribution in [0.1, 0.15) is 19.4 Å². The topological polar surface area (TPSA) is 58.6 Å². The first-order chi connectivity index (χ1) is 13.9. The van der Waals surface area contributed by atoms with Gasteiger partial charge >= 0.3 is 0 Å². The summed E-state index contributed by atoms with van der Waals surface area (Å²) in [7, 11) is 6.78. The Morgan fingerprint density at radius 1 is 1.07 bits per heavy atom. The molecule has 0 atom stereocenters. The minimum absolute atomic E-state index is 0.185. The molecule has 2 rings (SSSR count). The maximum Gasteiger partial charge on any atom is 0.203 e. The fourth-order valence-electron chi connectivity index (χ4n) is 3.30. The number of hydrogen-bond acceptors (Lipinski definition) is 6. The van der Waals surface area contributed by atoms with Gasteiger partial charge in [-0.15, -0.1) is 0 Å². The largest absolute Gasteiger partial charge is 0.493 e. The Morgan fingerprint density at radius 3 is 2.10 bits per heavy atom. The van der Waals surface area contributed by atoms with E-state index in [1.54, 1.807) is 21.3 Å². The molecule has 164 valence electrons. The summed E-state index contributed by atoms with van der Waals surface area (Å²) in [4.78, 5) is 9.26. The zero-order chi connectivity index (χ0) is 21.4. The highest BCUT2D eigenvalue weighted by Gasteiger charge is 2.23. The SMILES string of the molecule is CN=C(NCC(C)(C)SC)N1CCN(Cc2cc(OC)c(OC)c(OC)c2)CC1. The van der Waals surface area contributed by atoms with Gasteiger partial charge in [-0.2, -0.15) is 11.8 Å². The van der Waals surface area contributed by atoms with Crippen LogP contribution in [-0.2, 0) is 6.54 Å². The molecule has 29 heavy (non-hydrogen) atoms. The lowest BCUT2D eigenvalue weighted by atomic mass is 10.1. The van der Waals surface area contributed by atoms with Gasteiger partial charge in [0.2, 0.25) is 5.75 Å². The molecule has 0 amide bonds. The summed E-state index contributed by atoms with van der Waals surface area (Å²) in [6.45, 7) is 10.1. The first-order valence-electron chi connectivity index (χ1n) is 9.89. The van der Waals surface area contributed by atoms with E-state index >= 15 is 0 Å². The van der Waals surface area contributed by atoms with E-state index in [1.807, 2.05) is 30.9 Å². The molecule has 0 bridgehead atoms. The van der Waals surface area contributed by atoms with Crippen molar-refractivity contribution in [1.82, 2.24) is 15.1 Å². The van der Waals surface area contributed by atoms with Crippen molar-refractivity contribution in [2.24, 2.45) is 4.99 Å². The van der Waals surface area contributed by atoms with Crippen LogP contribution in [0, 0.1) is 0 Å². The molecular formula is C21H36N4O3S. The first-order valence-corrected chi connectivity index (χ1v) is 11.1. The first kappa shape index (κ1) is 23.5. The summed E-state index contributed by atoms with van der Waals surface area (Å²) in [5.74, 6) is 3.01. The Hall–Kier alpha value is -1.80. The van der Waals surface area contributed by atoms with E-state index in [-0.39, 0.29) is 4.75 Å². The van der Waals surface area contributed by atoms with E-state index in [4.69, 9.17) is 14.2 Å². The summed E-state index contributed by atoms with van der Waals surface area (Å²) in [5.41, 5.74) is 1.15. The molecule has 0 saturated carbocycles. The number of rotatable bonds is 8. The second kappa shape index (κ2) is 10.8. The zero-order valence-corrected chi connectivity index (χ0v) is 19.7. The number of guanidine groups is 1. The molecule has 0 aliphatic carbocycles. The van der Waals surface area contributed by atoms with Gasteiger partial charge in [-0.05, 0) is 37.8 Å². The number of hydrogen-bond donors (Lipinski definition) is 1. The third-order valence-electron chi connectivity index (χ3n) is 5.24. The molecule has 1 aliphatic rings. The van der Waals surface area contributed by atoms with Gasteiger partial charge in [-0.3, -0.25) is 9.89 Å². The molecular weight excluding hydrogens is 388 g/mol. The van der Waals surface area contributed by atoms with Crippen LogP contribution in [0.4, 0.5) is 0 Å². The number of methoxy groups -OCH3 is 3. The van der Waals surface area contributed by atoms with Crippen molar-refractivity contribution in [1.29, 1.82) is 0 Å². The second-order valence-electron chi connectivity index (χ2n) is 7.66. The number of benzene rings is 1. The lowest BCUT2D eigenvalue weighted by molar-refractivity contribution is 0.172. The number of aliphatic imine (C=N–C) groups is 1. The Labute approximate surface area is 179 Å². The Balaban J connectivity index is 1.96. The van der Waals surface area contributed by atoms with E-state index in [0.717, 1.165) is 50.8 Å². The predicted octanol–water partition coefficient (Wildman–Crippen LogP) is 2.55. The van der Waals surface area contributed by atoms with Crippen molar-refractivity contribution in [2.75, 3.05) is 67.4 Å². The Kier molecular flexibility index (Phi) is 8.77. The standard InChI is InChI=1S/C21H36N4O3S/c1-21(2,29-7)15-23-20(22-3)25-10-8-24(9-11-25)14-16-12-17(26-4)19(28-6)18(13-16)27-5/h12-13H,8-11,14-15H2,1-7H3,(H,22,23). The van der Waals surface area contributed by atoms with Gasteiger partial charge < -0.3 is 24.4 Å². The van der Waals surface area contributed by atoms with Crippen LogP contribution in [0.3, 0.4) is 0 Å². The molecule has 0 spiro atoms. The van der Waals surface area contributed by atoms with Crippen LogP contribution in [-0.4, -0.2) is 87.9 Å². The average molecular weight is 425 g/mol. The van der Waals surface area contributed by atoms with Crippen molar-refractivity contribution in [3.05, 3.63) is 17.7 Å². The third-order valence-corrected chi connectivity index (χ3v) is 6.49. The van der Waals surface area contributed by atoms with Crippen LogP contribution in [0.5, 0.6) is 17.2 Å². The van der Waals surface area contributed by atoms with Gasteiger partial charge in [0.25, 0.3) is 0 Å². The predicted molar refractivity (Wildman–Crippen MR) is 122 cm³/mol. The lowest BCUT2D eigenvalue weighted by Crippen LogP contribution is -2.53. The Morgan fingerprint density at radius 2 is 1.66 bits per heavy atom. The summed E-state index contributed by atoms with van der Waals surface area (Å²) in [5, 5.41) is 3.53. The summed E-state index contributed by atoms with van der Waals surface area (Å²) in [6.07, 6.45) is 2.15. The van der Waals surface area contributed by atoms with Crippen molar-refractivity contribution in [2.45, 2.75) is 25.1 Å². The van der Waals surface area contributed by atoms with E-state index in [0.29, 0.717) is 17.2 Å². The van der Waals surface area contributed by atoms with Gasteiger partial charge in [-0.1, -0.05) is 0 Å². The van der Waals surface area contributed by atoms with Crippen LogP contribution < -0.4 is 19.5 Å². The second-order valence-corrected chi connectivity index (χ2v) is 9.17. The van der Waals surface area contributed by atoms with E-state index < -0.39 is 0 Å². The Bertz CT molecular complexity index is 663. The quantitative estimate of drug-likeness (QED) is 0.508. The van der Waals surface area contributed by atoms with Crippen LogP contribution in [0.25, 0.3) is 0 Å². The van der Waals surface area contributed by atoms with E-state index in [1.165, 1.54) is 0 Å². The summed E-state index contributed by atoms with van der Waals surface area (Å²) in [6, 6.07) is 4.05. The smallest absolute Gasteiger partial charge is 0.203 e. The molecule has 7 nitrogen and oxygen atoms in total. The fraction of sp³-hybridized carbons (Fsp3) is 0.667. The molecule has 0 radical (unpaired) electrons. The highest BCUT2D eigenvalue weighted by atomic mass is 32.2. The van der Waals surface area contributed by atoms with Crippen LogP contribution in [0.2, 0.25) is 0 Å². The third kappa shape index (κ3) is 6.34. The molecule has 1 heterocycles. The van der Waals surface area contributed by atoms with Crippen molar-refractivity contribution < 1.29 is 14.2 Å². The van der Waals surface area contributed by atoms with Gasteiger partial charge in [0.15, 0.2) is 17.5 Å². The number of piperazine rings is 1. The molecule has 0 aromatic heterocycles. The van der Waals surface area contributed by atoms with Gasteiger partial charge in [0.05, 0.1) is 21.3 Å². The summed E-state index contributed by atoms with van der Waals surface area (Å²) < 4.78 is 16.6. The van der Waals surface area contributed by atoms with Crippen molar-refractivity contribution in [3.8, 4) is 17.2 Å². The molecule has 1 fully saturated rings. The normalized spacial score (nSPS) is 16.0. The van der Waals surface area contributed by atoms with Gasteiger partial charge in [0, 0.05) is 51.1 Å². The number of thioether (sulfide) groups is 1. The molecule has 1 saturated heterocycles. The van der Waals surface area contributed by atoms with Crippen LogP contribution >= 0.6 is 11.8 Å². The number of nitrogens with one attached hydrogen (secondary N) is 1. The number of nitrogens with zero attached hydrogens (tertiary/aromatic N) is 3. The summed E-state index contributed by atoms with van der Waals surface area (Å²) >= 11 is 1.86. The molecule has 0 unspecified atom stereocenters. The molecule has 1 aromatic carbocycles. The van der Waals surface area contributed by atoms with E-state index in [2.05, 4.69) is 40.2 Å². The van der Waals surface area contributed by atoms with Crippen LogP contribution in [0.15, 0.2) is 17.1 Å². The molecule has 1 aromatic rings. The molecule has 1 aliphatic heterocycles. The van der Waals surface area contributed by atoms with Crippen molar-refractivity contribution >= 4 is 17.7 Å². The van der Waals surface area contributed by atoms with Crippen molar-refractivity contribution in [3.63, 3.8) is 0 Å². The monoisotopic (exact) mass is 424 g/mol. The highest BCUT2D eigenvalue weighted by molar-refractivity contribution is 7.99. The molecule has 8 heteroatoms. The minimum atomic E-state index is 0.185. The fourth-order valence-corrected chi connectivity index (χ4v) is 3.52. The number of ether oxygens (including phenoxy) is 3. The zero-order valence-electron chi connectivity index (χ0n) is 18.9. The lowest BCUT2D eigenvalue weighted by Gasteiger charge is -2.37. The minimum Gasteiger partial charge on any atom is -0.493 e. The maximum atomic E-state index is 5.48. The average Bonchev–Trinajstić information content (AvgIpc) is 2.74. The maximum absolute atomic E-state index is 5.48. The van der Waals surface area contributed by atoms with Gasteiger partial charge in [0.1, 0.15) is 0 Å². The molecule has 1 N–H and O–H groups in total. The van der Waals surface area contributed by atoms with E-state index in [9.17, 15) is 0 Å². The van der Waals surface area contributed by atoms with Gasteiger partial charge in [-0.25, -0.2) is 0 Å². The highest BCUT2D eigenvalue weighted by Crippen LogP contribution is 2.38.